The summed E-state index contributed by atoms with van der Waals surface area (Å²) in [7, 11) is 0. The second-order valence-corrected chi connectivity index (χ2v) is 14.8. The van der Waals surface area contributed by atoms with E-state index >= 15 is 0 Å². The maximum Gasteiger partial charge on any atom is 0.0930 e. The summed E-state index contributed by atoms with van der Waals surface area (Å²) in [6.07, 6.45) is 0. The highest BCUT2D eigenvalue weighted by atomic mass is 15.1. The first-order valence-electron chi connectivity index (χ1n) is 19.0. The van der Waals surface area contributed by atoms with Crippen LogP contribution in [-0.4, -0.2) is 10.2 Å². The number of hydrogen-bond acceptors (Lipinski definition) is 2. The van der Waals surface area contributed by atoms with Gasteiger partial charge in [-0.25, -0.2) is 0 Å². The highest BCUT2D eigenvalue weighted by Crippen LogP contribution is 2.66. The quantitative estimate of drug-likeness (QED) is 0.172. The molecule has 0 amide bonds. The molecule has 0 saturated heterocycles. The van der Waals surface area contributed by atoms with Crippen molar-refractivity contribution in [1.82, 2.24) is 10.2 Å². The van der Waals surface area contributed by atoms with Crippen LogP contribution in [0.4, 0.5) is 0 Å². The fourth-order valence-corrected chi connectivity index (χ4v) is 9.97. The third-order valence-corrected chi connectivity index (χ3v) is 12.2. The number of hydrogen-bond donors (Lipinski definition) is 0. The number of nitrogens with zero attached hydrogens (tertiary/aromatic N) is 2. The van der Waals surface area contributed by atoms with Gasteiger partial charge >= 0.3 is 0 Å². The molecule has 0 unspecified atom stereocenters. The summed E-state index contributed by atoms with van der Waals surface area (Å²) in [6.45, 7) is 0. The van der Waals surface area contributed by atoms with Crippen molar-refractivity contribution in [1.29, 1.82) is 0 Å². The summed E-state index contributed by atoms with van der Waals surface area (Å²) in [4.78, 5) is 0. The Kier molecular flexibility index (Phi) is 6.29. The first kappa shape index (κ1) is 30.3. The van der Waals surface area contributed by atoms with E-state index in [1.165, 1.54) is 88.0 Å². The monoisotopic (exact) mass is 696 g/mol. The van der Waals surface area contributed by atoms with E-state index in [0.717, 1.165) is 22.5 Å². The fraction of sp³-hybridized carbons (Fsp3) is 0.0189. The average molecular weight is 697 g/mol. The lowest BCUT2D eigenvalue weighted by atomic mass is 9.68. The van der Waals surface area contributed by atoms with E-state index in [0.29, 0.717) is 0 Å². The highest BCUT2D eigenvalue weighted by Gasteiger charge is 2.53. The molecule has 12 rings (SSSR count). The van der Waals surface area contributed by atoms with Crippen molar-refractivity contribution in [3.8, 4) is 55.9 Å². The highest BCUT2D eigenvalue weighted by molar-refractivity contribution is 6.24. The van der Waals surface area contributed by atoms with E-state index in [4.69, 9.17) is 0 Å². The lowest BCUT2D eigenvalue weighted by Gasteiger charge is -2.32. The summed E-state index contributed by atoms with van der Waals surface area (Å²) in [6, 6.07) is 71.1. The van der Waals surface area contributed by atoms with Crippen molar-refractivity contribution < 1.29 is 0 Å². The molecule has 55 heavy (non-hydrogen) atoms. The first-order chi connectivity index (χ1) is 27.3. The standard InChI is InChI=1S/C53H32N2/c1-2-14-34(15-3-1)48-30-31-49(55-54-48)35-28-26-33(27-29-35)44-32-47-50(41-21-7-5-18-38(41)44)51-42-22-8-4-16-36(42)37-17-6-9-23-43(37)52(51)53(47)45-24-12-10-19-39(45)40-20-11-13-25-46(40)53/h1-32H. The van der Waals surface area contributed by atoms with Crippen molar-refractivity contribution >= 4 is 32.3 Å². The van der Waals surface area contributed by atoms with Crippen LogP contribution in [0.25, 0.3) is 88.2 Å². The number of aromatic nitrogens is 2. The Labute approximate surface area is 319 Å². The molecule has 2 aliphatic carbocycles. The zero-order valence-electron chi connectivity index (χ0n) is 29.9. The Morgan fingerprint density at radius 3 is 1.36 bits per heavy atom. The van der Waals surface area contributed by atoms with Crippen molar-refractivity contribution in [3.05, 3.63) is 216 Å². The molecule has 2 nitrogen and oxygen atoms in total. The molecule has 2 aliphatic rings. The van der Waals surface area contributed by atoms with Gasteiger partial charge in [0.25, 0.3) is 0 Å². The molecule has 0 saturated carbocycles. The van der Waals surface area contributed by atoms with E-state index in [-0.39, 0.29) is 0 Å². The van der Waals surface area contributed by atoms with Crippen LogP contribution in [0.1, 0.15) is 22.3 Å². The molecule has 254 valence electrons. The molecule has 0 bridgehead atoms. The van der Waals surface area contributed by atoms with Gasteiger partial charge in [-0.3, -0.25) is 0 Å². The Morgan fingerprint density at radius 1 is 0.291 bits per heavy atom. The summed E-state index contributed by atoms with van der Waals surface area (Å²) in [5.74, 6) is 0. The Hall–Kier alpha value is -7.16. The molecule has 1 heterocycles. The molecule has 0 radical (unpaired) electrons. The van der Waals surface area contributed by atoms with Gasteiger partial charge in [0.05, 0.1) is 16.8 Å². The zero-order chi connectivity index (χ0) is 36.1. The van der Waals surface area contributed by atoms with Gasteiger partial charge in [-0.05, 0) is 106 Å². The van der Waals surface area contributed by atoms with Crippen LogP contribution < -0.4 is 0 Å². The predicted molar refractivity (Wildman–Crippen MR) is 227 cm³/mol. The fourth-order valence-electron chi connectivity index (χ4n) is 9.97. The smallest absolute Gasteiger partial charge is 0.0930 e. The van der Waals surface area contributed by atoms with Gasteiger partial charge in [-0.15, -0.1) is 10.2 Å². The van der Waals surface area contributed by atoms with Gasteiger partial charge in [0.15, 0.2) is 0 Å². The second-order valence-electron chi connectivity index (χ2n) is 14.8. The summed E-state index contributed by atoms with van der Waals surface area (Å²) in [5, 5.41) is 17.0. The van der Waals surface area contributed by atoms with E-state index in [1.54, 1.807) is 0 Å². The van der Waals surface area contributed by atoms with Crippen LogP contribution in [0.2, 0.25) is 0 Å². The average Bonchev–Trinajstić information content (AvgIpc) is 3.75. The second kappa shape index (κ2) is 11.4. The predicted octanol–water partition coefficient (Wildman–Crippen LogP) is 13.3. The van der Waals surface area contributed by atoms with Crippen molar-refractivity contribution in [3.63, 3.8) is 0 Å². The zero-order valence-corrected chi connectivity index (χ0v) is 29.9. The molecule has 0 aliphatic heterocycles. The normalized spacial score (nSPS) is 13.2. The van der Waals surface area contributed by atoms with Crippen molar-refractivity contribution in [2.24, 2.45) is 0 Å². The number of rotatable bonds is 3. The molecule has 0 N–H and O–H groups in total. The molecule has 9 aromatic carbocycles. The molecular formula is C53H32N2. The van der Waals surface area contributed by atoms with Crippen LogP contribution in [-0.2, 0) is 5.41 Å². The van der Waals surface area contributed by atoms with Crippen molar-refractivity contribution in [2.75, 3.05) is 0 Å². The van der Waals surface area contributed by atoms with E-state index in [9.17, 15) is 0 Å². The van der Waals surface area contributed by atoms with Crippen LogP contribution in [0.3, 0.4) is 0 Å². The van der Waals surface area contributed by atoms with Gasteiger partial charge < -0.3 is 0 Å². The van der Waals surface area contributed by atoms with Gasteiger partial charge in [0.1, 0.15) is 0 Å². The minimum Gasteiger partial charge on any atom is -0.150 e. The molecular weight excluding hydrogens is 665 g/mol. The van der Waals surface area contributed by atoms with Crippen LogP contribution in [0.15, 0.2) is 194 Å². The molecule has 2 heteroatoms. The first-order valence-corrected chi connectivity index (χ1v) is 19.0. The minimum atomic E-state index is -0.504. The maximum absolute atomic E-state index is 4.64. The van der Waals surface area contributed by atoms with Gasteiger partial charge in [-0.1, -0.05) is 176 Å². The third-order valence-electron chi connectivity index (χ3n) is 12.2. The minimum absolute atomic E-state index is 0.504. The van der Waals surface area contributed by atoms with Crippen LogP contribution in [0.5, 0.6) is 0 Å². The lowest BCUT2D eigenvalue weighted by Crippen LogP contribution is -2.26. The largest absolute Gasteiger partial charge is 0.150 e. The van der Waals surface area contributed by atoms with Gasteiger partial charge in [0, 0.05) is 11.1 Å². The van der Waals surface area contributed by atoms with Gasteiger partial charge in [0.2, 0.25) is 0 Å². The molecule has 0 atom stereocenters. The summed E-state index contributed by atoms with van der Waals surface area (Å²) >= 11 is 0. The Bertz CT molecular complexity index is 3130. The lowest BCUT2D eigenvalue weighted by molar-refractivity contribution is 0.803. The van der Waals surface area contributed by atoms with E-state index < -0.39 is 5.41 Å². The molecule has 1 aromatic heterocycles. The third kappa shape index (κ3) is 4.08. The van der Waals surface area contributed by atoms with E-state index in [1.807, 2.05) is 18.2 Å². The molecule has 10 aromatic rings. The summed E-state index contributed by atoms with van der Waals surface area (Å²) < 4.78 is 0. The number of fused-ring (bicyclic) bond motifs is 17. The topological polar surface area (TPSA) is 25.8 Å². The van der Waals surface area contributed by atoms with Crippen molar-refractivity contribution in [2.45, 2.75) is 5.41 Å². The van der Waals surface area contributed by atoms with E-state index in [2.05, 4.69) is 186 Å². The molecule has 0 fully saturated rings. The van der Waals surface area contributed by atoms with Gasteiger partial charge in [-0.2, -0.15) is 0 Å². The SMILES string of the molecule is c1ccc(-c2ccc(-c3ccc(-c4cc5c(c6ccccc46)-c4c(c6ccccc6c6ccccc46)C54c5ccccc5-c5ccccc54)cc3)nn2)cc1. The van der Waals surface area contributed by atoms with Crippen LogP contribution >= 0.6 is 0 Å². The number of benzene rings is 9. The summed E-state index contributed by atoms with van der Waals surface area (Å²) in [5.41, 5.74) is 16.5. The van der Waals surface area contributed by atoms with Crippen LogP contribution in [0, 0.1) is 0 Å². The molecule has 1 spiro atoms. The Balaban J connectivity index is 1.15. The maximum atomic E-state index is 4.64. The Morgan fingerprint density at radius 2 is 0.745 bits per heavy atom.